The number of aromatic carboxylic acids is 1. The van der Waals surface area contributed by atoms with Crippen LogP contribution < -0.4 is 4.74 Å². The summed E-state index contributed by atoms with van der Waals surface area (Å²) in [6.45, 7) is -0.0698. The van der Waals surface area contributed by atoms with Gasteiger partial charge < -0.3 is 9.84 Å². The first-order valence-electron chi connectivity index (χ1n) is 5.67. The van der Waals surface area contributed by atoms with Crippen LogP contribution in [0.2, 0.25) is 10.0 Å². The van der Waals surface area contributed by atoms with Gasteiger partial charge in [0.15, 0.2) is 0 Å². The number of halogens is 4. The van der Waals surface area contributed by atoms with Crippen LogP contribution in [0.25, 0.3) is 0 Å². The predicted octanol–water partition coefficient (Wildman–Crippen LogP) is 5.17. The van der Waals surface area contributed by atoms with E-state index in [4.69, 9.17) is 33.0 Å². The third kappa shape index (κ3) is 3.87. The molecule has 0 saturated heterocycles. The molecule has 0 aliphatic heterocycles. The quantitative estimate of drug-likeness (QED) is 0.728. The summed E-state index contributed by atoms with van der Waals surface area (Å²) in [7, 11) is 0. The van der Waals surface area contributed by atoms with Crippen LogP contribution in [0.4, 0.5) is 4.39 Å². The average Bonchev–Trinajstić information content (AvgIpc) is 2.42. The molecule has 0 unspecified atom stereocenters. The molecule has 0 aliphatic rings. The first-order valence-corrected chi connectivity index (χ1v) is 7.22. The van der Waals surface area contributed by atoms with Crippen molar-refractivity contribution in [2.24, 2.45) is 0 Å². The summed E-state index contributed by atoms with van der Waals surface area (Å²) < 4.78 is 19.2. The average molecular weight is 394 g/mol. The normalized spacial score (nSPS) is 10.5. The van der Waals surface area contributed by atoms with Crippen molar-refractivity contribution in [3.05, 3.63) is 61.8 Å². The summed E-state index contributed by atoms with van der Waals surface area (Å²) in [6, 6.07) is 6.55. The van der Waals surface area contributed by atoms with Crippen molar-refractivity contribution in [3.63, 3.8) is 0 Å². The molecule has 7 heteroatoms. The van der Waals surface area contributed by atoms with Crippen molar-refractivity contribution >= 4 is 45.1 Å². The number of carboxylic acids is 1. The lowest BCUT2D eigenvalue weighted by Gasteiger charge is -2.11. The van der Waals surface area contributed by atoms with E-state index in [2.05, 4.69) is 15.9 Å². The molecule has 2 aromatic rings. The van der Waals surface area contributed by atoms with Crippen molar-refractivity contribution in [2.45, 2.75) is 6.61 Å². The van der Waals surface area contributed by atoms with Gasteiger partial charge >= 0.3 is 5.97 Å². The maximum Gasteiger partial charge on any atom is 0.336 e. The zero-order valence-electron chi connectivity index (χ0n) is 10.4. The molecule has 0 saturated carbocycles. The molecule has 3 nitrogen and oxygen atoms in total. The molecule has 0 radical (unpaired) electrons. The maximum atomic E-state index is 13.1. The molecule has 0 aliphatic carbocycles. The highest BCUT2D eigenvalue weighted by molar-refractivity contribution is 9.10. The molecule has 0 bridgehead atoms. The van der Waals surface area contributed by atoms with E-state index in [9.17, 15) is 9.18 Å². The number of rotatable bonds is 4. The van der Waals surface area contributed by atoms with E-state index in [1.165, 1.54) is 18.2 Å². The Balaban J connectivity index is 2.25. The van der Waals surface area contributed by atoms with Gasteiger partial charge in [0.1, 0.15) is 18.2 Å². The van der Waals surface area contributed by atoms with Crippen LogP contribution in [0.5, 0.6) is 5.75 Å². The zero-order valence-corrected chi connectivity index (χ0v) is 13.5. The van der Waals surface area contributed by atoms with Gasteiger partial charge in [0.05, 0.1) is 15.6 Å². The Kier molecular flexibility index (Phi) is 5.08. The Hall–Kier alpha value is -1.30. The van der Waals surface area contributed by atoms with Crippen LogP contribution in [-0.2, 0) is 6.61 Å². The molecule has 0 fully saturated rings. The second kappa shape index (κ2) is 6.64. The van der Waals surface area contributed by atoms with Crippen LogP contribution in [0.3, 0.4) is 0 Å². The highest BCUT2D eigenvalue weighted by Crippen LogP contribution is 2.34. The topological polar surface area (TPSA) is 46.5 Å². The third-order valence-corrected chi connectivity index (χ3v) is 4.15. The fourth-order valence-electron chi connectivity index (χ4n) is 1.64. The van der Waals surface area contributed by atoms with Crippen LogP contribution >= 0.6 is 39.1 Å². The van der Waals surface area contributed by atoms with E-state index in [-0.39, 0.29) is 12.2 Å². The Bertz CT molecular complexity index is 707. The molecule has 2 aromatic carbocycles. The molecule has 0 heterocycles. The van der Waals surface area contributed by atoms with Crippen molar-refractivity contribution in [1.29, 1.82) is 0 Å². The summed E-state index contributed by atoms with van der Waals surface area (Å²) >= 11 is 15.2. The SMILES string of the molecule is O=C(O)c1cc(F)ccc1COc1cc(Cl)c(Br)cc1Cl. The minimum absolute atomic E-state index is 0.0698. The van der Waals surface area contributed by atoms with Gasteiger partial charge in [0, 0.05) is 16.1 Å². The zero-order chi connectivity index (χ0) is 15.6. The summed E-state index contributed by atoms with van der Waals surface area (Å²) in [4.78, 5) is 11.1. The smallest absolute Gasteiger partial charge is 0.336 e. The second-order valence-corrected chi connectivity index (χ2v) is 5.76. The molecule has 21 heavy (non-hydrogen) atoms. The molecular weight excluding hydrogens is 386 g/mol. The highest BCUT2D eigenvalue weighted by atomic mass is 79.9. The number of carboxylic acid groups (broad SMARTS) is 1. The predicted molar refractivity (Wildman–Crippen MR) is 81.9 cm³/mol. The van der Waals surface area contributed by atoms with E-state index in [0.29, 0.717) is 25.8 Å². The third-order valence-electron chi connectivity index (χ3n) is 2.66. The van der Waals surface area contributed by atoms with Gasteiger partial charge in [0.2, 0.25) is 0 Å². The van der Waals surface area contributed by atoms with Crippen molar-refractivity contribution in [1.82, 2.24) is 0 Å². The fourth-order valence-corrected chi connectivity index (χ4v) is 2.49. The van der Waals surface area contributed by atoms with Gasteiger partial charge in [-0.25, -0.2) is 9.18 Å². The van der Waals surface area contributed by atoms with E-state index in [1.807, 2.05) is 0 Å². The van der Waals surface area contributed by atoms with Crippen LogP contribution in [-0.4, -0.2) is 11.1 Å². The Morgan fingerprint density at radius 2 is 1.95 bits per heavy atom. The first kappa shape index (κ1) is 16.1. The Morgan fingerprint density at radius 3 is 2.62 bits per heavy atom. The highest BCUT2D eigenvalue weighted by Gasteiger charge is 2.13. The van der Waals surface area contributed by atoms with Gasteiger partial charge in [-0.15, -0.1) is 0 Å². The lowest BCUT2D eigenvalue weighted by atomic mass is 10.1. The van der Waals surface area contributed by atoms with Crippen LogP contribution in [0, 0.1) is 5.82 Å². The van der Waals surface area contributed by atoms with Crippen LogP contribution in [0.15, 0.2) is 34.8 Å². The fraction of sp³-hybridized carbons (Fsp3) is 0.0714. The standard InChI is InChI=1S/C14H8BrCl2FO3/c15-10-4-12(17)13(5-11(10)16)21-6-7-1-2-8(18)3-9(7)14(19)20/h1-5H,6H2,(H,19,20). The van der Waals surface area contributed by atoms with Gasteiger partial charge in [0.25, 0.3) is 0 Å². The van der Waals surface area contributed by atoms with Crippen molar-refractivity contribution < 1.29 is 19.0 Å². The molecule has 2 rings (SSSR count). The molecule has 0 spiro atoms. The van der Waals surface area contributed by atoms with Crippen molar-refractivity contribution in [3.8, 4) is 5.75 Å². The lowest BCUT2D eigenvalue weighted by molar-refractivity contribution is 0.0693. The minimum atomic E-state index is -1.23. The monoisotopic (exact) mass is 392 g/mol. The molecule has 0 aromatic heterocycles. The summed E-state index contributed by atoms with van der Waals surface area (Å²) in [5.41, 5.74) is 0.174. The van der Waals surface area contributed by atoms with E-state index in [0.717, 1.165) is 6.07 Å². The minimum Gasteiger partial charge on any atom is -0.487 e. The molecule has 0 amide bonds. The Labute approximate surface area is 138 Å². The number of hydrogen-bond acceptors (Lipinski definition) is 2. The van der Waals surface area contributed by atoms with Gasteiger partial charge in [-0.05, 0) is 34.1 Å². The van der Waals surface area contributed by atoms with E-state index in [1.54, 1.807) is 6.07 Å². The summed E-state index contributed by atoms with van der Waals surface area (Å²) in [5.74, 6) is -1.54. The van der Waals surface area contributed by atoms with Gasteiger partial charge in [-0.1, -0.05) is 29.3 Å². The number of hydrogen-bond donors (Lipinski definition) is 1. The number of benzene rings is 2. The van der Waals surface area contributed by atoms with Gasteiger partial charge in [-0.3, -0.25) is 0 Å². The molecular formula is C14H8BrCl2FO3. The first-order chi connectivity index (χ1) is 9.88. The van der Waals surface area contributed by atoms with Crippen LogP contribution in [0.1, 0.15) is 15.9 Å². The summed E-state index contributed by atoms with van der Waals surface area (Å²) in [5, 5.41) is 9.78. The Morgan fingerprint density at radius 1 is 1.24 bits per heavy atom. The van der Waals surface area contributed by atoms with E-state index >= 15 is 0 Å². The molecule has 0 atom stereocenters. The molecule has 1 N–H and O–H groups in total. The van der Waals surface area contributed by atoms with Gasteiger partial charge in [-0.2, -0.15) is 0 Å². The van der Waals surface area contributed by atoms with Crippen molar-refractivity contribution in [2.75, 3.05) is 0 Å². The molecule has 110 valence electrons. The lowest BCUT2D eigenvalue weighted by Crippen LogP contribution is -2.06. The largest absolute Gasteiger partial charge is 0.487 e. The number of carbonyl (C=O) groups is 1. The second-order valence-electron chi connectivity index (χ2n) is 4.09. The maximum absolute atomic E-state index is 13.1. The summed E-state index contributed by atoms with van der Waals surface area (Å²) in [6.07, 6.45) is 0. The van der Waals surface area contributed by atoms with E-state index < -0.39 is 11.8 Å². The number of ether oxygens (including phenoxy) is 1.